The van der Waals surface area contributed by atoms with Gasteiger partial charge in [-0.3, -0.25) is 9.59 Å². The third-order valence-corrected chi connectivity index (χ3v) is 3.92. The highest BCUT2D eigenvalue weighted by Crippen LogP contribution is 2.47. The minimum Gasteiger partial charge on any atom is -0.370 e. The van der Waals surface area contributed by atoms with Gasteiger partial charge in [-0.2, -0.15) is 8.78 Å². The Bertz CT molecular complexity index is 805. The summed E-state index contributed by atoms with van der Waals surface area (Å²) in [7, 11) is 0. The summed E-state index contributed by atoms with van der Waals surface area (Å²) < 4.78 is 29.6. The number of halogens is 2. The van der Waals surface area contributed by atoms with Crippen molar-refractivity contribution in [3.8, 4) is 0 Å². The van der Waals surface area contributed by atoms with Gasteiger partial charge in [0.25, 0.3) is 5.91 Å². The van der Waals surface area contributed by atoms with Gasteiger partial charge in [0.1, 0.15) is 0 Å². The molecule has 1 atom stereocenters. The zero-order valence-corrected chi connectivity index (χ0v) is 12.1. The van der Waals surface area contributed by atoms with Crippen LogP contribution in [0.15, 0.2) is 48.5 Å². The van der Waals surface area contributed by atoms with Crippen LogP contribution in [0.1, 0.15) is 21.5 Å². The molecule has 3 rings (SSSR count). The van der Waals surface area contributed by atoms with Crippen LogP contribution in [-0.2, 0) is 10.4 Å². The minimum absolute atomic E-state index is 0.0728. The van der Waals surface area contributed by atoms with E-state index in [0.717, 1.165) is 0 Å². The van der Waals surface area contributed by atoms with Crippen molar-refractivity contribution in [2.24, 2.45) is 0 Å². The lowest BCUT2D eigenvalue weighted by molar-refractivity contribution is -0.171. The number of benzene rings is 2. The largest absolute Gasteiger partial charge is 0.370 e. The number of anilines is 1. The molecule has 0 aromatic heterocycles. The lowest BCUT2D eigenvalue weighted by Gasteiger charge is -2.29. The summed E-state index contributed by atoms with van der Waals surface area (Å²) in [6, 6.07) is 11.2. The molecule has 0 saturated heterocycles. The minimum atomic E-state index is -4.31. The molecule has 2 aromatic rings. The van der Waals surface area contributed by atoms with Crippen molar-refractivity contribution in [3.05, 3.63) is 65.2 Å². The van der Waals surface area contributed by atoms with Crippen molar-refractivity contribution < 1.29 is 23.5 Å². The molecule has 1 amide bonds. The predicted octanol–water partition coefficient (Wildman–Crippen LogP) is 2.65. The van der Waals surface area contributed by atoms with Crippen molar-refractivity contribution >= 4 is 17.4 Å². The third-order valence-electron chi connectivity index (χ3n) is 3.92. The molecule has 2 N–H and O–H groups in total. The topological polar surface area (TPSA) is 66.4 Å². The second-order valence-electron chi connectivity index (χ2n) is 5.48. The molecule has 1 aliphatic heterocycles. The Balaban J connectivity index is 2.14. The average Bonchev–Trinajstić information content (AvgIpc) is 2.80. The summed E-state index contributed by atoms with van der Waals surface area (Å²) in [5, 5.41) is 12.7. The summed E-state index contributed by atoms with van der Waals surface area (Å²) in [4.78, 5) is 24.3. The van der Waals surface area contributed by atoms with E-state index in [9.17, 15) is 23.5 Å². The van der Waals surface area contributed by atoms with Gasteiger partial charge in [0, 0.05) is 16.8 Å². The Labute approximate surface area is 130 Å². The molecule has 118 valence electrons. The number of amides is 1. The van der Waals surface area contributed by atoms with E-state index in [1.807, 2.05) is 0 Å². The van der Waals surface area contributed by atoms with Crippen LogP contribution in [-0.4, -0.2) is 22.7 Å². The summed E-state index contributed by atoms with van der Waals surface area (Å²) in [5.41, 5.74) is -3.15. The monoisotopic (exact) mass is 317 g/mol. The van der Waals surface area contributed by atoms with Crippen LogP contribution < -0.4 is 5.32 Å². The van der Waals surface area contributed by atoms with Crippen molar-refractivity contribution in [2.45, 2.75) is 18.4 Å². The summed E-state index contributed by atoms with van der Waals surface area (Å²) >= 11 is 0. The molecule has 0 saturated carbocycles. The molecule has 4 nitrogen and oxygen atoms in total. The third kappa shape index (κ3) is 2.06. The van der Waals surface area contributed by atoms with Crippen LogP contribution in [0.25, 0.3) is 0 Å². The first-order valence-electron chi connectivity index (χ1n) is 6.91. The fourth-order valence-electron chi connectivity index (χ4n) is 2.65. The molecule has 0 spiro atoms. The fraction of sp³-hybridized carbons (Fsp3) is 0.176. The number of Topliss-reactive ketones (excluding diaryl/α,β-unsaturated/α-hetero) is 1. The van der Waals surface area contributed by atoms with Gasteiger partial charge in [-0.1, -0.05) is 48.0 Å². The first kappa shape index (κ1) is 15.3. The number of hydrogen-bond donors (Lipinski definition) is 2. The molecule has 6 heteroatoms. The van der Waals surface area contributed by atoms with E-state index in [4.69, 9.17) is 0 Å². The van der Waals surface area contributed by atoms with Crippen molar-refractivity contribution in [1.29, 1.82) is 0 Å². The van der Waals surface area contributed by atoms with Gasteiger partial charge in [0.15, 0.2) is 0 Å². The number of alkyl halides is 2. The van der Waals surface area contributed by atoms with E-state index in [1.165, 1.54) is 36.4 Å². The summed E-state index contributed by atoms with van der Waals surface area (Å²) in [6.07, 6.45) is 0. The number of nitrogens with one attached hydrogen (secondary N) is 1. The molecule has 1 heterocycles. The van der Waals surface area contributed by atoms with Gasteiger partial charge in [-0.05, 0) is 13.0 Å². The number of rotatable bonds is 3. The number of carbonyl (C=O) groups excluding carboxylic acids is 2. The Morgan fingerprint density at radius 1 is 1.17 bits per heavy atom. The summed E-state index contributed by atoms with van der Waals surface area (Å²) in [6.45, 7) is 1.64. The van der Waals surface area contributed by atoms with Crippen molar-refractivity contribution in [1.82, 2.24) is 0 Å². The van der Waals surface area contributed by atoms with Crippen molar-refractivity contribution in [3.63, 3.8) is 0 Å². The molecule has 0 unspecified atom stereocenters. The smallest absolute Gasteiger partial charge is 0.351 e. The first-order chi connectivity index (χ1) is 10.8. The SMILES string of the molecule is Cc1ccc2c(c1)[C@@](O)(C(F)(F)C(=O)c1ccccc1)C(=O)N2. The Kier molecular flexibility index (Phi) is 3.30. The van der Waals surface area contributed by atoms with Crippen LogP contribution in [0, 0.1) is 6.92 Å². The zero-order chi connectivity index (χ0) is 16.8. The van der Waals surface area contributed by atoms with Gasteiger partial charge < -0.3 is 10.4 Å². The number of fused-ring (bicyclic) bond motifs is 1. The van der Waals surface area contributed by atoms with Crippen LogP contribution in [0.5, 0.6) is 0 Å². The van der Waals surface area contributed by atoms with Gasteiger partial charge in [-0.25, -0.2) is 0 Å². The fourth-order valence-corrected chi connectivity index (χ4v) is 2.65. The van der Waals surface area contributed by atoms with Gasteiger partial charge in [0.2, 0.25) is 11.4 Å². The lowest BCUT2D eigenvalue weighted by atomic mass is 9.83. The quantitative estimate of drug-likeness (QED) is 0.855. The molecular formula is C17H13F2NO3. The highest BCUT2D eigenvalue weighted by atomic mass is 19.3. The maximum Gasteiger partial charge on any atom is 0.351 e. The summed E-state index contributed by atoms with van der Waals surface area (Å²) in [5.74, 6) is -7.23. The highest BCUT2D eigenvalue weighted by Gasteiger charge is 2.67. The van der Waals surface area contributed by atoms with Gasteiger partial charge >= 0.3 is 5.92 Å². The number of aryl methyl sites for hydroxylation is 1. The molecule has 2 aromatic carbocycles. The van der Waals surface area contributed by atoms with E-state index < -0.39 is 23.2 Å². The molecule has 0 radical (unpaired) electrons. The number of ketones is 1. The van der Waals surface area contributed by atoms with Gasteiger partial charge in [-0.15, -0.1) is 0 Å². The lowest BCUT2D eigenvalue weighted by Crippen LogP contribution is -2.55. The molecule has 0 aliphatic carbocycles. The maximum atomic E-state index is 14.8. The van der Waals surface area contributed by atoms with Crippen LogP contribution in [0.2, 0.25) is 0 Å². The Morgan fingerprint density at radius 3 is 2.48 bits per heavy atom. The first-order valence-corrected chi connectivity index (χ1v) is 6.91. The molecule has 0 fully saturated rings. The Morgan fingerprint density at radius 2 is 1.83 bits per heavy atom. The number of carbonyl (C=O) groups is 2. The normalized spacial score (nSPS) is 20.1. The zero-order valence-electron chi connectivity index (χ0n) is 12.1. The number of aliphatic hydroxyl groups is 1. The predicted molar refractivity (Wildman–Crippen MR) is 79.4 cm³/mol. The standard InChI is InChI=1S/C17H13F2NO3/c1-10-7-8-13-12(9-10)16(23,15(22)20-13)17(18,19)14(21)11-5-3-2-4-6-11/h2-9,23H,1H3,(H,20,22)/t16-/m0/s1. The van der Waals surface area contributed by atoms with Crippen LogP contribution in [0.4, 0.5) is 14.5 Å². The van der Waals surface area contributed by atoms with E-state index >= 15 is 0 Å². The highest BCUT2D eigenvalue weighted by molar-refractivity contribution is 6.13. The molecule has 0 bridgehead atoms. The van der Waals surface area contributed by atoms with E-state index in [0.29, 0.717) is 5.56 Å². The van der Waals surface area contributed by atoms with E-state index in [-0.39, 0.29) is 16.8 Å². The second-order valence-corrected chi connectivity index (χ2v) is 5.48. The molecule has 23 heavy (non-hydrogen) atoms. The van der Waals surface area contributed by atoms with Crippen molar-refractivity contribution in [2.75, 3.05) is 5.32 Å². The van der Waals surface area contributed by atoms with Gasteiger partial charge in [0.05, 0.1) is 0 Å². The van der Waals surface area contributed by atoms with Crippen LogP contribution >= 0.6 is 0 Å². The maximum absolute atomic E-state index is 14.8. The Hall–Kier alpha value is -2.60. The number of hydrogen-bond acceptors (Lipinski definition) is 3. The van der Waals surface area contributed by atoms with E-state index in [1.54, 1.807) is 19.1 Å². The average molecular weight is 317 g/mol. The second kappa shape index (κ2) is 4.96. The van der Waals surface area contributed by atoms with E-state index in [2.05, 4.69) is 5.32 Å². The van der Waals surface area contributed by atoms with Crippen LogP contribution in [0.3, 0.4) is 0 Å². The molecule has 1 aliphatic rings. The molecular weight excluding hydrogens is 304 g/mol.